The third kappa shape index (κ3) is 2.75. The van der Waals surface area contributed by atoms with Gasteiger partial charge in [-0.2, -0.15) is 0 Å². The number of nitrogens with zero attached hydrogens (tertiary/aromatic N) is 2. The maximum Gasteiger partial charge on any atom is 0.130 e. The first-order valence-corrected chi connectivity index (χ1v) is 5.71. The Kier molecular flexibility index (Phi) is 4.83. The van der Waals surface area contributed by atoms with Gasteiger partial charge in [-0.3, -0.25) is 4.99 Å². The van der Waals surface area contributed by atoms with E-state index in [1.165, 1.54) is 0 Å². The van der Waals surface area contributed by atoms with Crippen molar-refractivity contribution in [3.8, 4) is 5.75 Å². The Morgan fingerprint density at radius 2 is 2.06 bits per heavy atom. The lowest BCUT2D eigenvalue weighted by atomic mass is 10.2. The monoisotopic (exact) mass is 220 g/mol. The number of methoxy groups -OCH3 is 1. The molecular weight excluding hydrogens is 200 g/mol. The Labute approximate surface area is 97.8 Å². The van der Waals surface area contributed by atoms with E-state index in [1.54, 1.807) is 7.11 Å². The van der Waals surface area contributed by atoms with Gasteiger partial charge in [-0.05, 0) is 12.1 Å². The summed E-state index contributed by atoms with van der Waals surface area (Å²) < 4.78 is 5.18. The van der Waals surface area contributed by atoms with Gasteiger partial charge in [0.2, 0.25) is 0 Å². The first kappa shape index (κ1) is 12.6. The number of hydrogen-bond donors (Lipinski definition) is 0. The molecule has 0 fully saturated rings. The summed E-state index contributed by atoms with van der Waals surface area (Å²) in [5, 5.41) is 0. The van der Waals surface area contributed by atoms with Crippen LogP contribution in [0.1, 0.15) is 19.4 Å². The highest BCUT2D eigenvalue weighted by Crippen LogP contribution is 2.16. The van der Waals surface area contributed by atoms with Gasteiger partial charge in [0.25, 0.3) is 0 Å². The highest BCUT2D eigenvalue weighted by Gasteiger charge is 2.14. The second kappa shape index (κ2) is 6.16. The van der Waals surface area contributed by atoms with Crippen LogP contribution in [0.5, 0.6) is 5.75 Å². The van der Waals surface area contributed by atoms with E-state index < -0.39 is 0 Å². The summed E-state index contributed by atoms with van der Waals surface area (Å²) in [4.78, 5) is 6.61. The molecule has 1 heterocycles. The number of amidine groups is 1. The van der Waals surface area contributed by atoms with Crippen LogP contribution in [-0.2, 0) is 0 Å². The second-order valence-electron chi connectivity index (χ2n) is 3.36. The minimum atomic E-state index is 0.880. The van der Waals surface area contributed by atoms with Gasteiger partial charge in [-0.15, -0.1) is 0 Å². The highest BCUT2D eigenvalue weighted by atomic mass is 16.5. The lowest BCUT2D eigenvalue weighted by Gasteiger charge is -2.14. The van der Waals surface area contributed by atoms with E-state index in [-0.39, 0.29) is 0 Å². The summed E-state index contributed by atoms with van der Waals surface area (Å²) in [7, 11) is 3.74. The van der Waals surface area contributed by atoms with Crippen LogP contribution in [0.3, 0.4) is 0 Å². The molecule has 1 aromatic carbocycles. The fourth-order valence-electron chi connectivity index (χ4n) is 1.61. The first-order chi connectivity index (χ1) is 7.81. The molecule has 3 heteroatoms. The third-order valence-corrected chi connectivity index (χ3v) is 2.39. The van der Waals surface area contributed by atoms with Crippen molar-refractivity contribution in [1.82, 2.24) is 4.90 Å². The number of benzene rings is 1. The molecular formula is C13H20N2O. The smallest absolute Gasteiger partial charge is 0.130 e. The van der Waals surface area contributed by atoms with E-state index in [0.29, 0.717) is 0 Å². The van der Waals surface area contributed by atoms with Crippen LogP contribution in [0, 0.1) is 0 Å². The van der Waals surface area contributed by atoms with Gasteiger partial charge in [0.1, 0.15) is 11.6 Å². The minimum Gasteiger partial charge on any atom is -0.497 e. The third-order valence-electron chi connectivity index (χ3n) is 2.39. The number of likely N-dealkylation sites (N-methyl/N-ethyl adjacent to an activating group) is 1. The molecule has 0 spiro atoms. The van der Waals surface area contributed by atoms with Crippen LogP contribution < -0.4 is 4.74 Å². The van der Waals surface area contributed by atoms with Gasteiger partial charge in [-0.25, -0.2) is 0 Å². The quantitative estimate of drug-likeness (QED) is 0.764. The molecule has 1 aliphatic heterocycles. The first-order valence-electron chi connectivity index (χ1n) is 5.71. The summed E-state index contributed by atoms with van der Waals surface area (Å²) in [6, 6.07) is 8.01. The van der Waals surface area contributed by atoms with Crippen molar-refractivity contribution in [2.45, 2.75) is 13.8 Å². The molecule has 1 aromatic rings. The molecule has 1 aliphatic rings. The Balaban J connectivity index is 0.000000606. The average Bonchev–Trinajstić information content (AvgIpc) is 2.78. The minimum absolute atomic E-state index is 0.880. The SMILES string of the molecule is CC.COc1cccc(C2=NCCN2C)c1. The highest BCUT2D eigenvalue weighted by molar-refractivity contribution is 5.99. The van der Waals surface area contributed by atoms with Gasteiger partial charge in [0, 0.05) is 19.2 Å². The molecule has 0 aliphatic carbocycles. The molecule has 0 amide bonds. The van der Waals surface area contributed by atoms with Crippen molar-refractivity contribution in [2.24, 2.45) is 4.99 Å². The van der Waals surface area contributed by atoms with Crippen LogP contribution in [0.4, 0.5) is 0 Å². The summed E-state index contributed by atoms with van der Waals surface area (Å²) in [5.41, 5.74) is 1.13. The van der Waals surface area contributed by atoms with Gasteiger partial charge in [0.15, 0.2) is 0 Å². The molecule has 0 atom stereocenters. The van der Waals surface area contributed by atoms with E-state index in [4.69, 9.17) is 4.74 Å². The van der Waals surface area contributed by atoms with Crippen LogP contribution in [0.2, 0.25) is 0 Å². The van der Waals surface area contributed by atoms with Crippen molar-refractivity contribution < 1.29 is 4.74 Å². The Bertz CT molecular complexity index is 361. The summed E-state index contributed by atoms with van der Waals surface area (Å²) >= 11 is 0. The lowest BCUT2D eigenvalue weighted by Crippen LogP contribution is -2.23. The van der Waals surface area contributed by atoms with Crippen LogP contribution in [0.15, 0.2) is 29.3 Å². The van der Waals surface area contributed by atoms with E-state index in [0.717, 1.165) is 30.2 Å². The van der Waals surface area contributed by atoms with Gasteiger partial charge in [-0.1, -0.05) is 26.0 Å². The van der Waals surface area contributed by atoms with E-state index in [1.807, 2.05) is 32.0 Å². The number of ether oxygens (including phenoxy) is 1. The molecule has 2 rings (SSSR count). The van der Waals surface area contributed by atoms with Crippen molar-refractivity contribution in [3.05, 3.63) is 29.8 Å². The zero-order valence-corrected chi connectivity index (χ0v) is 10.5. The summed E-state index contributed by atoms with van der Waals surface area (Å²) in [5.74, 6) is 1.94. The topological polar surface area (TPSA) is 24.8 Å². The predicted molar refractivity (Wildman–Crippen MR) is 68.4 cm³/mol. The Hall–Kier alpha value is -1.51. The predicted octanol–water partition coefficient (Wildman–Crippen LogP) is 2.41. The molecule has 0 N–H and O–H groups in total. The standard InChI is InChI=1S/C11H14N2O.C2H6/c1-13-7-6-12-11(13)9-4-3-5-10(8-9)14-2;1-2/h3-5,8H,6-7H2,1-2H3;1-2H3. The summed E-state index contributed by atoms with van der Waals surface area (Å²) in [6.45, 7) is 5.90. The second-order valence-corrected chi connectivity index (χ2v) is 3.36. The van der Waals surface area contributed by atoms with Crippen LogP contribution in [0.25, 0.3) is 0 Å². The lowest BCUT2D eigenvalue weighted by molar-refractivity contribution is 0.414. The van der Waals surface area contributed by atoms with Gasteiger partial charge in [0.05, 0.1) is 13.7 Å². The molecule has 0 bridgehead atoms. The Morgan fingerprint density at radius 3 is 2.62 bits per heavy atom. The maximum atomic E-state index is 5.18. The van der Waals surface area contributed by atoms with E-state index in [2.05, 4.69) is 23.0 Å². The van der Waals surface area contributed by atoms with E-state index in [9.17, 15) is 0 Å². The molecule has 3 nitrogen and oxygen atoms in total. The fourth-order valence-corrected chi connectivity index (χ4v) is 1.61. The van der Waals surface area contributed by atoms with Crippen LogP contribution >= 0.6 is 0 Å². The molecule has 0 unspecified atom stereocenters. The fraction of sp³-hybridized carbons (Fsp3) is 0.462. The zero-order valence-electron chi connectivity index (χ0n) is 10.5. The van der Waals surface area contributed by atoms with Gasteiger partial charge < -0.3 is 9.64 Å². The average molecular weight is 220 g/mol. The molecule has 0 aromatic heterocycles. The zero-order chi connectivity index (χ0) is 12.0. The van der Waals surface area contributed by atoms with Crippen molar-refractivity contribution >= 4 is 5.84 Å². The van der Waals surface area contributed by atoms with Crippen LogP contribution in [-0.4, -0.2) is 38.0 Å². The molecule has 88 valence electrons. The normalized spacial score (nSPS) is 14.0. The largest absolute Gasteiger partial charge is 0.497 e. The maximum absolute atomic E-state index is 5.18. The van der Waals surface area contributed by atoms with Gasteiger partial charge >= 0.3 is 0 Å². The molecule has 0 radical (unpaired) electrons. The van der Waals surface area contributed by atoms with E-state index >= 15 is 0 Å². The molecule has 16 heavy (non-hydrogen) atoms. The number of rotatable bonds is 2. The Morgan fingerprint density at radius 1 is 1.31 bits per heavy atom. The number of hydrogen-bond acceptors (Lipinski definition) is 3. The van der Waals surface area contributed by atoms with Crippen molar-refractivity contribution in [3.63, 3.8) is 0 Å². The van der Waals surface area contributed by atoms with Crippen molar-refractivity contribution in [1.29, 1.82) is 0 Å². The van der Waals surface area contributed by atoms with Crippen molar-refractivity contribution in [2.75, 3.05) is 27.2 Å². The molecule has 0 saturated carbocycles. The number of aliphatic imine (C=N–C) groups is 1. The summed E-state index contributed by atoms with van der Waals surface area (Å²) in [6.07, 6.45) is 0. The molecule has 0 saturated heterocycles.